The van der Waals surface area contributed by atoms with E-state index in [0.717, 1.165) is 11.1 Å². The summed E-state index contributed by atoms with van der Waals surface area (Å²) in [6.07, 6.45) is 0.533. The standard InChI is InChI=1S/C15H12BrNO4/c16-13-5-4-12(21-13)14(18)17-7-6-10-9(8-17)2-1-3-11(10)15(19)20/h1-5H,6-8H2,(H,19,20). The Morgan fingerprint density at radius 3 is 2.71 bits per heavy atom. The normalized spacial score (nSPS) is 13.9. The first-order valence-electron chi connectivity index (χ1n) is 6.45. The quantitative estimate of drug-likeness (QED) is 0.904. The molecule has 3 rings (SSSR count). The molecular weight excluding hydrogens is 338 g/mol. The van der Waals surface area contributed by atoms with Gasteiger partial charge in [-0.1, -0.05) is 12.1 Å². The van der Waals surface area contributed by atoms with Gasteiger partial charge in [0.05, 0.1) is 5.56 Å². The number of aromatic carboxylic acids is 1. The van der Waals surface area contributed by atoms with Crippen LogP contribution in [0.25, 0.3) is 0 Å². The van der Waals surface area contributed by atoms with Gasteiger partial charge in [-0.05, 0) is 51.7 Å². The van der Waals surface area contributed by atoms with Crippen LogP contribution in [0.15, 0.2) is 39.4 Å². The molecule has 1 aliphatic rings. The zero-order valence-electron chi connectivity index (χ0n) is 11.0. The monoisotopic (exact) mass is 349 g/mol. The largest absolute Gasteiger partial charge is 0.478 e. The molecular formula is C15H12BrNO4. The van der Waals surface area contributed by atoms with Crippen LogP contribution in [-0.4, -0.2) is 28.4 Å². The zero-order valence-corrected chi connectivity index (χ0v) is 12.6. The Bertz CT molecular complexity index is 722. The third-order valence-electron chi connectivity index (χ3n) is 3.57. The number of hydrogen-bond donors (Lipinski definition) is 1. The highest BCUT2D eigenvalue weighted by molar-refractivity contribution is 9.10. The molecule has 1 N–H and O–H groups in total. The SMILES string of the molecule is O=C(O)c1cccc2c1CCN(C(=O)c1ccc(Br)o1)C2. The predicted molar refractivity (Wildman–Crippen MR) is 78.3 cm³/mol. The van der Waals surface area contributed by atoms with E-state index in [4.69, 9.17) is 4.42 Å². The first-order chi connectivity index (χ1) is 10.1. The summed E-state index contributed by atoms with van der Waals surface area (Å²) < 4.78 is 5.79. The fourth-order valence-corrected chi connectivity index (χ4v) is 2.87. The summed E-state index contributed by atoms with van der Waals surface area (Å²) >= 11 is 3.17. The van der Waals surface area contributed by atoms with Crippen molar-refractivity contribution in [3.8, 4) is 0 Å². The number of carbonyl (C=O) groups excluding carboxylic acids is 1. The van der Waals surface area contributed by atoms with Crippen molar-refractivity contribution in [3.05, 3.63) is 57.5 Å². The van der Waals surface area contributed by atoms with Crippen LogP contribution >= 0.6 is 15.9 Å². The van der Waals surface area contributed by atoms with E-state index in [1.54, 1.807) is 29.2 Å². The summed E-state index contributed by atoms with van der Waals surface area (Å²) in [6, 6.07) is 8.46. The number of nitrogens with zero attached hydrogens (tertiary/aromatic N) is 1. The Balaban J connectivity index is 1.86. The summed E-state index contributed by atoms with van der Waals surface area (Å²) in [6.45, 7) is 0.877. The second kappa shape index (κ2) is 5.37. The number of halogens is 1. The van der Waals surface area contributed by atoms with Crippen molar-refractivity contribution in [1.29, 1.82) is 0 Å². The lowest BCUT2D eigenvalue weighted by Gasteiger charge is -2.29. The zero-order chi connectivity index (χ0) is 15.0. The Morgan fingerprint density at radius 1 is 1.24 bits per heavy atom. The van der Waals surface area contributed by atoms with Crippen molar-refractivity contribution >= 4 is 27.8 Å². The predicted octanol–water partition coefficient (Wildman–Crippen LogP) is 2.94. The van der Waals surface area contributed by atoms with Gasteiger partial charge in [0.1, 0.15) is 0 Å². The molecule has 0 unspecified atom stereocenters. The molecule has 2 aromatic rings. The minimum absolute atomic E-state index is 0.188. The highest BCUT2D eigenvalue weighted by atomic mass is 79.9. The fourth-order valence-electron chi connectivity index (χ4n) is 2.57. The first-order valence-corrected chi connectivity index (χ1v) is 7.24. The maximum absolute atomic E-state index is 12.3. The third kappa shape index (κ3) is 2.58. The molecule has 0 fully saturated rings. The third-order valence-corrected chi connectivity index (χ3v) is 3.99. The number of carbonyl (C=O) groups is 2. The molecule has 2 heterocycles. The highest BCUT2D eigenvalue weighted by Crippen LogP contribution is 2.25. The van der Waals surface area contributed by atoms with Gasteiger partial charge in [-0.15, -0.1) is 0 Å². The lowest BCUT2D eigenvalue weighted by Crippen LogP contribution is -2.36. The summed E-state index contributed by atoms with van der Waals surface area (Å²) in [5.74, 6) is -0.839. The van der Waals surface area contributed by atoms with E-state index >= 15 is 0 Å². The van der Waals surface area contributed by atoms with Crippen molar-refractivity contribution in [2.24, 2.45) is 0 Å². The van der Waals surface area contributed by atoms with Gasteiger partial charge in [0.15, 0.2) is 10.4 Å². The van der Waals surface area contributed by atoms with Gasteiger partial charge in [0.2, 0.25) is 0 Å². The van der Waals surface area contributed by atoms with Crippen LogP contribution < -0.4 is 0 Å². The van der Waals surface area contributed by atoms with E-state index < -0.39 is 5.97 Å². The Hall–Kier alpha value is -2.08. The van der Waals surface area contributed by atoms with Crippen LogP contribution in [0.5, 0.6) is 0 Å². The van der Waals surface area contributed by atoms with Crippen LogP contribution in [0.1, 0.15) is 32.0 Å². The molecule has 0 bridgehead atoms. The number of carboxylic acid groups (broad SMARTS) is 1. The van der Waals surface area contributed by atoms with Crippen LogP contribution in [0.3, 0.4) is 0 Å². The summed E-state index contributed by atoms with van der Waals surface area (Å²) in [4.78, 5) is 25.2. The average molecular weight is 350 g/mol. The second-order valence-electron chi connectivity index (χ2n) is 4.83. The Labute approximate surface area is 129 Å². The van der Waals surface area contributed by atoms with Crippen molar-refractivity contribution < 1.29 is 19.1 Å². The van der Waals surface area contributed by atoms with Crippen molar-refractivity contribution in [2.75, 3.05) is 6.54 Å². The molecule has 6 heteroatoms. The number of fused-ring (bicyclic) bond motifs is 1. The molecule has 21 heavy (non-hydrogen) atoms. The smallest absolute Gasteiger partial charge is 0.335 e. The summed E-state index contributed by atoms with van der Waals surface area (Å²) in [5, 5.41) is 9.20. The van der Waals surface area contributed by atoms with Gasteiger partial charge >= 0.3 is 5.97 Å². The van der Waals surface area contributed by atoms with Gasteiger partial charge in [-0.2, -0.15) is 0 Å². The molecule has 5 nitrogen and oxygen atoms in total. The van der Waals surface area contributed by atoms with E-state index in [9.17, 15) is 14.7 Å². The van der Waals surface area contributed by atoms with E-state index in [1.165, 1.54) is 0 Å². The number of amides is 1. The number of benzene rings is 1. The van der Waals surface area contributed by atoms with Gasteiger partial charge in [0, 0.05) is 13.1 Å². The van der Waals surface area contributed by atoms with E-state index in [1.807, 2.05) is 6.07 Å². The lowest BCUT2D eigenvalue weighted by molar-refractivity contribution is 0.0690. The van der Waals surface area contributed by atoms with Crippen LogP contribution in [0, 0.1) is 0 Å². The van der Waals surface area contributed by atoms with E-state index in [0.29, 0.717) is 29.7 Å². The minimum Gasteiger partial charge on any atom is -0.478 e. The van der Waals surface area contributed by atoms with Crippen LogP contribution in [-0.2, 0) is 13.0 Å². The van der Waals surface area contributed by atoms with Gasteiger partial charge in [-0.25, -0.2) is 4.79 Å². The van der Waals surface area contributed by atoms with E-state index in [-0.39, 0.29) is 11.7 Å². The average Bonchev–Trinajstić information content (AvgIpc) is 2.91. The molecule has 108 valence electrons. The van der Waals surface area contributed by atoms with Crippen LogP contribution in [0.4, 0.5) is 0 Å². The van der Waals surface area contributed by atoms with Gasteiger partial charge in [0.25, 0.3) is 5.91 Å². The second-order valence-corrected chi connectivity index (χ2v) is 5.61. The fraction of sp³-hybridized carbons (Fsp3) is 0.200. The first kappa shape index (κ1) is 13.9. The maximum Gasteiger partial charge on any atom is 0.335 e. The number of furan rings is 1. The van der Waals surface area contributed by atoms with Crippen molar-refractivity contribution in [2.45, 2.75) is 13.0 Å². The number of hydrogen-bond acceptors (Lipinski definition) is 3. The molecule has 1 amide bonds. The molecule has 1 aromatic carbocycles. The maximum atomic E-state index is 12.3. The molecule has 0 radical (unpaired) electrons. The highest BCUT2D eigenvalue weighted by Gasteiger charge is 2.26. The van der Waals surface area contributed by atoms with Crippen LogP contribution in [0.2, 0.25) is 0 Å². The molecule has 0 aliphatic carbocycles. The Morgan fingerprint density at radius 2 is 2.05 bits per heavy atom. The lowest BCUT2D eigenvalue weighted by atomic mass is 9.94. The molecule has 0 saturated carbocycles. The van der Waals surface area contributed by atoms with E-state index in [2.05, 4.69) is 15.9 Å². The number of rotatable bonds is 2. The molecule has 0 atom stereocenters. The molecule has 1 aromatic heterocycles. The van der Waals surface area contributed by atoms with Gasteiger partial charge in [-0.3, -0.25) is 4.79 Å². The molecule has 0 spiro atoms. The van der Waals surface area contributed by atoms with Crippen molar-refractivity contribution in [3.63, 3.8) is 0 Å². The minimum atomic E-state index is -0.929. The topological polar surface area (TPSA) is 70.8 Å². The summed E-state index contributed by atoms with van der Waals surface area (Å²) in [7, 11) is 0. The number of carboxylic acids is 1. The van der Waals surface area contributed by atoms with Crippen molar-refractivity contribution in [1.82, 2.24) is 4.90 Å². The van der Waals surface area contributed by atoms with Gasteiger partial charge < -0.3 is 14.4 Å². The summed E-state index contributed by atoms with van der Waals surface area (Å²) in [5.41, 5.74) is 2.01. The molecule has 0 saturated heterocycles. The molecule has 1 aliphatic heterocycles. The Kier molecular flexibility index (Phi) is 3.55.